The van der Waals surface area contributed by atoms with Crippen LogP contribution >= 0.6 is 0 Å². The fourth-order valence-electron chi connectivity index (χ4n) is 0. The summed E-state index contributed by atoms with van der Waals surface area (Å²) in [4.78, 5) is 0. The van der Waals surface area contributed by atoms with E-state index in [1.807, 2.05) is 0 Å². The van der Waals surface area contributed by atoms with E-state index in [0.717, 1.165) is 0 Å². The van der Waals surface area contributed by atoms with Gasteiger partial charge in [0.1, 0.15) is 0 Å². The first kappa shape index (κ1) is 346. The predicted octanol–water partition coefficient (Wildman–Crippen LogP) is -0.728. The SMILES string of the molecule is [Fe+2].[Fe+2].[Fe+2].[Fe+2].[Fe+2].[Fe+2].[O-2].[O-2].[O-2].[O-2].[O-2].[O-2]. The van der Waals surface area contributed by atoms with E-state index >= 15 is 0 Å². The summed E-state index contributed by atoms with van der Waals surface area (Å²) in [5.74, 6) is 0. The Morgan fingerprint density at radius 3 is 0.167 bits per heavy atom. The molecule has 0 aromatic rings. The molecule has 0 rings (SSSR count). The van der Waals surface area contributed by atoms with Crippen LogP contribution in [0, 0.1) is 0 Å². The summed E-state index contributed by atoms with van der Waals surface area (Å²) in [6, 6.07) is 0. The molecular weight excluding hydrogens is 431 g/mol. The molecule has 12 heteroatoms. The molecule has 0 aliphatic heterocycles. The van der Waals surface area contributed by atoms with Crippen LogP contribution in [0.3, 0.4) is 0 Å². The van der Waals surface area contributed by atoms with Crippen molar-refractivity contribution in [1.82, 2.24) is 0 Å². The van der Waals surface area contributed by atoms with Crippen molar-refractivity contribution in [1.29, 1.82) is 0 Å². The Morgan fingerprint density at radius 1 is 0.167 bits per heavy atom. The third-order valence-corrected chi connectivity index (χ3v) is 0. The van der Waals surface area contributed by atoms with Crippen LogP contribution in [-0.2, 0) is 135 Å². The molecule has 0 atom stereocenters. The topological polar surface area (TPSA) is 171 Å². The normalized spacial score (nSPS) is 0. The predicted molar refractivity (Wildman–Crippen MR) is 4.12 cm³/mol. The molecular formula is Fe6O6. The van der Waals surface area contributed by atoms with Crippen LogP contribution in [0.25, 0.3) is 0 Å². The zero-order valence-electron chi connectivity index (χ0n) is 4.57. The number of hydrogen-bond acceptors (Lipinski definition) is 0. The Hall–Kier alpha value is 2.88. The van der Waals surface area contributed by atoms with Crippen LogP contribution in [0.2, 0.25) is 0 Å². The van der Waals surface area contributed by atoms with E-state index in [1.54, 1.807) is 0 Å². The molecule has 0 aliphatic carbocycles. The second-order valence-electron chi connectivity index (χ2n) is 0. The van der Waals surface area contributed by atoms with Gasteiger partial charge in [-0.1, -0.05) is 0 Å². The molecule has 0 unspecified atom stereocenters. The van der Waals surface area contributed by atoms with Crippen molar-refractivity contribution < 1.29 is 135 Å². The third kappa shape index (κ3) is 219. The number of rotatable bonds is 0. The minimum atomic E-state index is 0. The van der Waals surface area contributed by atoms with Crippen molar-refractivity contribution in [3.8, 4) is 0 Å². The Kier molecular flexibility index (Phi) is 8020. The van der Waals surface area contributed by atoms with Gasteiger partial charge < -0.3 is 32.9 Å². The second-order valence-corrected chi connectivity index (χ2v) is 0. The quantitative estimate of drug-likeness (QED) is 0.441. The second kappa shape index (κ2) is 278. The monoisotopic (exact) mass is 432 g/mol. The van der Waals surface area contributed by atoms with Crippen molar-refractivity contribution in [3.05, 3.63) is 0 Å². The summed E-state index contributed by atoms with van der Waals surface area (Å²) in [7, 11) is 0. The summed E-state index contributed by atoms with van der Waals surface area (Å²) < 4.78 is 0. The molecule has 0 N–H and O–H groups in total. The molecule has 0 aliphatic rings. The van der Waals surface area contributed by atoms with Gasteiger partial charge in [0.05, 0.1) is 0 Å². The van der Waals surface area contributed by atoms with Gasteiger partial charge in [-0.2, -0.15) is 0 Å². The largest absolute Gasteiger partial charge is 2.00 e. The average Bonchev–Trinajstić information content (AvgIpc) is 0. The van der Waals surface area contributed by atoms with Gasteiger partial charge in [0.15, 0.2) is 0 Å². The minimum absolute atomic E-state index is 0. The average molecular weight is 431 g/mol. The molecule has 0 amide bonds. The van der Waals surface area contributed by atoms with Crippen LogP contribution in [0.1, 0.15) is 0 Å². The summed E-state index contributed by atoms with van der Waals surface area (Å²) in [5, 5.41) is 0. The van der Waals surface area contributed by atoms with Crippen LogP contribution < -0.4 is 0 Å². The zero-order chi connectivity index (χ0) is 0. The maximum absolute atomic E-state index is 0. The van der Waals surface area contributed by atoms with Gasteiger partial charge in [-0.05, 0) is 0 Å². The van der Waals surface area contributed by atoms with E-state index in [4.69, 9.17) is 0 Å². The molecule has 0 saturated carbocycles. The first-order valence-corrected chi connectivity index (χ1v) is 0. The Labute approximate surface area is 134 Å². The number of hydrogen-bond donors (Lipinski definition) is 0. The van der Waals surface area contributed by atoms with E-state index in [0.29, 0.717) is 0 Å². The van der Waals surface area contributed by atoms with Crippen LogP contribution in [-0.4, -0.2) is 0 Å². The Morgan fingerprint density at radius 2 is 0.167 bits per heavy atom. The fourth-order valence-corrected chi connectivity index (χ4v) is 0. The molecule has 12 heavy (non-hydrogen) atoms. The maximum Gasteiger partial charge on any atom is 2.00 e. The van der Waals surface area contributed by atoms with Gasteiger partial charge in [0.2, 0.25) is 0 Å². The zero-order valence-corrected chi connectivity index (χ0v) is 11.2. The molecule has 0 fully saturated rings. The molecule has 0 heterocycles. The molecule has 0 spiro atoms. The van der Waals surface area contributed by atoms with Gasteiger partial charge >= 0.3 is 102 Å². The minimum Gasteiger partial charge on any atom is -2.00 e. The standard InChI is InChI=1S/6Fe.6O/q6*+2;6*-2. The third-order valence-electron chi connectivity index (χ3n) is 0. The van der Waals surface area contributed by atoms with Crippen molar-refractivity contribution in [2.24, 2.45) is 0 Å². The molecule has 6 nitrogen and oxygen atoms in total. The van der Waals surface area contributed by atoms with Gasteiger partial charge in [-0.3, -0.25) is 0 Å². The molecule has 0 aromatic heterocycles. The van der Waals surface area contributed by atoms with Crippen LogP contribution in [0.15, 0.2) is 0 Å². The van der Waals surface area contributed by atoms with Crippen LogP contribution in [0.4, 0.5) is 0 Å². The molecule has 0 saturated heterocycles. The van der Waals surface area contributed by atoms with Gasteiger partial charge in [-0.15, -0.1) is 0 Å². The Bertz CT molecular complexity index is 12.0. The van der Waals surface area contributed by atoms with Crippen molar-refractivity contribution >= 4 is 0 Å². The van der Waals surface area contributed by atoms with Gasteiger partial charge in [-0.25, -0.2) is 0 Å². The van der Waals surface area contributed by atoms with E-state index in [-0.39, 0.29) is 135 Å². The molecule has 0 radical (unpaired) electrons. The van der Waals surface area contributed by atoms with E-state index in [1.165, 1.54) is 0 Å². The molecule has 0 bridgehead atoms. The van der Waals surface area contributed by atoms with Gasteiger partial charge in [0, 0.05) is 0 Å². The van der Waals surface area contributed by atoms with Crippen LogP contribution in [0.5, 0.6) is 0 Å². The van der Waals surface area contributed by atoms with Crippen molar-refractivity contribution in [2.75, 3.05) is 0 Å². The molecule has 84 valence electrons. The smallest absolute Gasteiger partial charge is 2.00 e. The van der Waals surface area contributed by atoms with E-state index < -0.39 is 0 Å². The van der Waals surface area contributed by atoms with Crippen molar-refractivity contribution in [2.45, 2.75) is 0 Å². The summed E-state index contributed by atoms with van der Waals surface area (Å²) in [6.07, 6.45) is 0. The van der Waals surface area contributed by atoms with Crippen molar-refractivity contribution in [3.63, 3.8) is 0 Å². The summed E-state index contributed by atoms with van der Waals surface area (Å²) >= 11 is 0. The maximum atomic E-state index is 0. The van der Waals surface area contributed by atoms with E-state index in [2.05, 4.69) is 0 Å². The summed E-state index contributed by atoms with van der Waals surface area (Å²) in [5.41, 5.74) is 0. The fraction of sp³-hybridized carbons (Fsp3) is 0. The Balaban J connectivity index is 0. The first-order chi connectivity index (χ1) is 0. The molecule has 0 aromatic carbocycles. The van der Waals surface area contributed by atoms with Gasteiger partial charge in [0.25, 0.3) is 0 Å². The summed E-state index contributed by atoms with van der Waals surface area (Å²) in [6.45, 7) is 0. The van der Waals surface area contributed by atoms with E-state index in [9.17, 15) is 0 Å². The first-order valence-electron chi connectivity index (χ1n) is 0.